The highest BCUT2D eigenvalue weighted by Crippen LogP contribution is 2.42. The Balaban J connectivity index is 1.27. The molecule has 2 aliphatic carbocycles. The van der Waals surface area contributed by atoms with Crippen LogP contribution in [0.15, 0.2) is 29.3 Å². The molecule has 3 heterocycles. The van der Waals surface area contributed by atoms with Crippen LogP contribution in [0.25, 0.3) is 0 Å². The Labute approximate surface area is 222 Å². The first kappa shape index (κ1) is 26.1. The number of halogens is 4. The molecular formula is C26H27BF4N4O4. The average molecular weight is 546 g/mol. The number of ether oxygens (including phenoxy) is 1. The number of aromatic nitrogens is 1. The largest absolute Gasteiger partial charge is 0.488 e. The Kier molecular flexibility index (Phi) is 6.33. The fraction of sp³-hybridized carbons (Fsp3) is 0.500. The number of pyridine rings is 1. The lowest BCUT2D eigenvalue weighted by Gasteiger charge is -2.37. The SMILES string of the molecule is O=C1NC(c2ccc(C(F)(F)F)nc2C2CCC2)=NC12CCN(c1cc(B(O)O)cc(F)c1OC1CC1)CC2. The van der Waals surface area contributed by atoms with Gasteiger partial charge in [0.05, 0.1) is 17.5 Å². The van der Waals surface area contributed by atoms with Crippen molar-refractivity contribution in [3.63, 3.8) is 0 Å². The fourth-order valence-corrected chi connectivity index (χ4v) is 5.38. The van der Waals surface area contributed by atoms with Crippen molar-refractivity contribution in [2.75, 3.05) is 18.0 Å². The Morgan fingerprint density at radius 2 is 1.82 bits per heavy atom. The highest BCUT2D eigenvalue weighted by Gasteiger charge is 2.47. The lowest BCUT2D eigenvalue weighted by Crippen LogP contribution is -2.49. The number of carbonyl (C=O) groups is 1. The highest BCUT2D eigenvalue weighted by molar-refractivity contribution is 6.58. The van der Waals surface area contributed by atoms with Gasteiger partial charge in [-0.3, -0.25) is 9.79 Å². The van der Waals surface area contributed by atoms with Gasteiger partial charge in [0.15, 0.2) is 11.6 Å². The zero-order valence-electron chi connectivity index (χ0n) is 21.0. The molecule has 1 aromatic heterocycles. The molecule has 2 aliphatic heterocycles. The minimum atomic E-state index is -4.57. The van der Waals surface area contributed by atoms with Crippen LogP contribution in [0, 0.1) is 5.82 Å². The Morgan fingerprint density at radius 3 is 2.41 bits per heavy atom. The van der Waals surface area contributed by atoms with E-state index in [-0.39, 0.29) is 47.8 Å². The van der Waals surface area contributed by atoms with Crippen molar-refractivity contribution in [2.45, 2.75) is 68.7 Å². The number of piperidine rings is 1. The van der Waals surface area contributed by atoms with Crippen LogP contribution in [-0.2, 0) is 11.0 Å². The summed E-state index contributed by atoms with van der Waals surface area (Å²) in [5.41, 5.74) is -0.999. The van der Waals surface area contributed by atoms with Gasteiger partial charge in [-0.2, -0.15) is 13.2 Å². The maximum absolute atomic E-state index is 14.9. The fourth-order valence-electron chi connectivity index (χ4n) is 5.38. The van der Waals surface area contributed by atoms with Crippen LogP contribution >= 0.6 is 0 Å². The van der Waals surface area contributed by atoms with Crippen LogP contribution in [0.4, 0.5) is 23.2 Å². The van der Waals surface area contributed by atoms with E-state index in [9.17, 15) is 32.4 Å². The number of rotatable bonds is 6. The number of hydrogen-bond acceptors (Lipinski definition) is 7. The number of nitrogens with one attached hydrogen (secondary N) is 1. The molecule has 1 aromatic carbocycles. The van der Waals surface area contributed by atoms with E-state index in [0.29, 0.717) is 30.0 Å². The van der Waals surface area contributed by atoms with Crippen molar-refractivity contribution in [3.8, 4) is 5.75 Å². The van der Waals surface area contributed by atoms with Gasteiger partial charge in [0.1, 0.15) is 17.1 Å². The molecule has 3 fully saturated rings. The maximum atomic E-state index is 14.9. The molecule has 1 saturated heterocycles. The number of nitrogens with zero attached hydrogens (tertiary/aromatic N) is 3. The molecule has 2 aromatic rings. The van der Waals surface area contributed by atoms with Crippen molar-refractivity contribution in [1.29, 1.82) is 0 Å². The second-order valence-electron chi connectivity index (χ2n) is 10.7. The number of carbonyl (C=O) groups excluding carboxylic acids is 1. The normalized spacial score (nSPS) is 21.0. The molecule has 39 heavy (non-hydrogen) atoms. The van der Waals surface area contributed by atoms with Crippen LogP contribution < -0.4 is 20.4 Å². The zero-order chi connectivity index (χ0) is 27.5. The highest BCUT2D eigenvalue weighted by atomic mass is 19.4. The van der Waals surface area contributed by atoms with Crippen LogP contribution in [0.1, 0.15) is 67.8 Å². The van der Waals surface area contributed by atoms with Crippen LogP contribution in [0.5, 0.6) is 5.75 Å². The molecule has 3 N–H and O–H groups in total. The Bertz CT molecular complexity index is 1340. The number of aliphatic imine (C=N–C) groups is 1. The quantitative estimate of drug-likeness (QED) is 0.380. The molecule has 1 amide bonds. The average Bonchev–Trinajstić information content (AvgIpc) is 3.62. The summed E-state index contributed by atoms with van der Waals surface area (Å²) in [5, 5.41) is 22.1. The smallest absolute Gasteiger partial charge is 0.485 e. The van der Waals surface area contributed by atoms with Gasteiger partial charge in [0.2, 0.25) is 0 Å². The molecule has 0 atom stereocenters. The number of amidine groups is 1. The number of amides is 1. The predicted molar refractivity (Wildman–Crippen MR) is 135 cm³/mol. The third-order valence-corrected chi connectivity index (χ3v) is 8.03. The summed E-state index contributed by atoms with van der Waals surface area (Å²) in [6.07, 6.45) is -0.139. The molecular weight excluding hydrogens is 519 g/mol. The zero-order valence-corrected chi connectivity index (χ0v) is 21.0. The molecule has 13 heteroatoms. The van der Waals surface area contributed by atoms with E-state index in [1.54, 1.807) is 0 Å². The number of alkyl halides is 3. The maximum Gasteiger partial charge on any atom is 0.488 e. The summed E-state index contributed by atoms with van der Waals surface area (Å²) < 4.78 is 60.8. The van der Waals surface area contributed by atoms with E-state index in [1.165, 1.54) is 12.1 Å². The van der Waals surface area contributed by atoms with Crippen LogP contribution in [-0.4, -0.2) is 58.6 Å². The van der Waals surface area contributed by atoms with Gasteiger partial charge in [-0.05, 0) is 68.3 Å². The second-order valence-corrected chi connectivity index (χ2v) is 10.7. The number of anilines is 1. The summed E-state index contributed by atoms with van der Waals surface area (Å²) in [6.45, 7) is 0.604. The first-order valence-electron chi connectivity index (χ1n) is 13.1. The molecule has 4 aliphatic rings. The molecule has 2 saturated carbocycles. The molecule has 0 bridgehead atoms. The van der Waals surface area contributed by atoms with Gasteiger partial charge in [-0.25, -0.2) is 9.37 Å². The Hall–Kier alpha value is -3.19. The van der Waals surface area contributed by atoms with Crippen molar-refractivity contribution in [2.24, 2.45) is 4.99 Å². The monoisotopic (exact) mass is 546 g/mol. The minimum absolute atomic E-state index is 0.0109. The van der Waals surface area contributed by atoms with Gasteiger partial charge >= 0.3 is 13.3 Å². The lowest BCUT2D eigenvalue weighted by molar-refractivity contribution is -0.141. The van der Waals surface area contributed by atoms with Crippen LogP contribution in [0.2, 0.25) is 0 Å². The lowest BCUT2D eigenvalue weighted by atomic mass is 9.79. The van der Waals surface area contributed by atoms with Crippen molar-refractivity contribution in [1.82, 2.24) is 10.3 Å². The van der Waals surface area contributed by atoms with E-state index in [2.05, 4.69) is 10.3 Å². The van der Waals surface area contributed by atoms with E-state index >= 15 is 0 Å². The Morgan fingerprint density at radius 1 is 1.10 bits per heavy atom. The first-order chi connectivity index (χ1) is 18.5. The summed E-state index contributed by atoms with van der Waals surface area (Å²) in [4.78, 5) is 23.7. The van der Waals surface area contributed by atoms with Gasteiger partial charge in [-0.15, -0.1) is 0 Å². The predicted octanol–water partition coefficient (Wildman–Crippen LogP) is 2.64. The van der Waals surface area contributed by atoms with Gasteiger partial charge < -0.3 is 25.0 Å². The van der Waals surface area contributed by atoms with E-state index < -0.39 is 30.3 Å². The third kappa shape index (κ3) is 4.86. The summed E-state index contributed by atoms with van der Waals surface area (Å²) in [5.74, 6) is -0.879. The first-order valence-corrected chi connectivity index (χ1v) is 13.1. The van der Waals surface area contributed by atoms with Crippen molar-refractivity contribution in [3.05, 3.63) is 47.0 Å². The van der Waals surface area contributed by atoms with E-state index in [0.717, 1.165) is 44.2 Å². The molecule has 1 spiro atoms. The number of benzene rings is 1. The molecule has 0 radical (unpaired) electrons. The topological polar surface area (TPSA) is 107 Å². The van der Waals surface area contributed by atoms with Crippen molar-refractivity contribution >= 4 is 30.0 Å². The summed E-state index contributed by atoms with van der Waals surface area (Å²) in [7, 11) is -1.86. The number of hydrogen-bond donors (Lipinski definition) is 3. The molecule has 8 nitrogen and oxygen atoms in total. The van der Waals surface area contributed by atoms with Gasteiger partial charge in [0, 0.05) is 24.6 Å². The molecule has 206 valence electrons. The molecule has 0 unspecified atom stereocenters. The van der Waals surface area contributed by atoms with Crippen LogP contribution in [0.3, 0.4) is 0 Å². The standard InChI is InChI=1S/C26H27BF4N4O4/c28-18-12-15(27(37)38)13-19(22(18)39-16-4-5-16)35-10-8-25(9-11-35)24(36)33-23(34-25)17-6-7-20(26(29,30)31)32-21(17)14-2-1-3-14/h6-7,12-14,16,37-38H,1-5,8-11H2,(H,33,34,36). The molecule has 6 rings (SSSR count). The second kappa shape index (κ2) is 9.48. The summed E-state index contributed by atoms with van der Waals surface area (Å²) >= 11 is 0. The summed E-state index contributed by atoms with van der Waals surface area (Å²) in [6, 6.07) is 4.77. The van der Waals surface area contributed by atoms with Gasteiger partial charge in [0.25, 0.3) is 5.91 Å². The van der Waals surface area contributed by atoms with Crippen molar-refractivity contribution < 1.29 is 37.1 Å². The van der Waals surface area contributed by atoms with E-state index in [4.69, 9.17) is 9.73 Å². The minimum Gasteiger partial charge on any atom is -0.485 e. The van der Waals surface area contributed by atoms with E-state index in [1.807, 2.05) is 4.90 Å². The third-order valence-electron chi connectivity index (χ3n) is 8.03. The van der Waals surface area contributed by atoms with Gasteiger partial charge in [-0.1, -0.05) is 6.42 Å².